The predicted molar refractivity (Wildman–Crippen MR) is 80.9 cm³/mol. The molecule has 108 valence electrons. The summed E-state index contributed by atoms with van der Waals surface area (Å²) in [6.07, 6.45) is 6.75. The molecule has 0 aliphatic rings. The summed E-state index contributed by atoms with van der Waals surface area (Å²) in [5.74, 6) is 0.731. The van der Waals surface area contributed by atoms with Crippen LogP contribution in [-0.4, -0.2) is 14.4 Å². The molecule has 4 aromatic rings. The zero-order chi connectivity index (χ0) is 14.9. The van der Waals surface area contributed by atoms with Crippen LogP contribution in [0.3, 0.4) is 0 Å². The van der Waals surface area contributed by atoms with E-state index in [1.165, 1.54) is 6.39 Å². The fourth-order valence-corrected chi connectivity index (χ4v) is 2.42. The standard InChI is InChI=1S/C17H12FN3O/c18-7-12-1-6-17-20-15(10-21(17)9-12)13-2-4-14(5-3-13)16-8-19-11-22-16/h1-6,8-11H,7H2/i18-1. The van der Waals surface area contributed by atoms with Crippen molar-refractivity contribution in [3.8, 4) is 22.6 Å². The first-order valence-electron chi connectivity index (χ1n) is 6.86. The molecule has 3 aromatic heterocycles. The molecule has 4 rings (SSSR count). The van der Waals surface area contributed by atoms with Gasteiger partial charge in [0.1, 0.15) is 12.3 Å². The number of fused-ring (bicyclic) bond motifs is 1. The van der Waals surface area contributed by atoms with Gasteiger partial charge < -0.3 is 8.82 Å². The number of hydrogen-bond donors (Lipinski definition) is 0. The fraction of sp³-hybridized carbons (Fsp3) is 0.0588. The second-order valence-corrected chi connectivity index (χ2v) is 5.01. The van der Waals surface area contributed by atoms with Gasteiger partial charge in [-0.15, -0.1) is 0 Å². The Morgan fingerprint density at radius 1 is 1.00 bits per heavy atom. The summed E-state index contributed by atoms with van der Waals surface area (Å²) >= 11 is 0. The van der Waals surface area contributed by atoms with Gasteiger partial charge in [0, 0.05) is 23.5 Å². The molecule has 0 amide bonds. The lowest BCUT2D eigenvalue weighted by molar-refractivity contribution is 0.484. The number of hydrogen-bond acceptors (Lipinski definition) is 3. The number of alkyl halides is 1. The van der Waals surface area contributed by atoms with Crippen LogP contribution in [0.4, 0.5) is 4.39 Å². The van der Waals surface area contributed by atoms with Crippen LogP contribution in [0.5, 0.6) is 0 Å². The molecule has 22 heavy (non-hydrogen) atoms. The number of halogens is 1. The highest BCUT2D eigenvalue weighted by Gasteiger charge is 2.07. The first-order valence-corrected chi connectivity index (χ1v) is 6.86. The van der Waals surface area contributed by atoms with Crippen LogP contribution in [0, 0.1) is 0 Å². The minimum absolute atomic E-state index is 0.477. The average molecular weight is 292 g/mol. The van der Waals surface area contributed by atoms with E-state index in [1.807, 2.05) is 40.9 Å². The van der Waals surface area contributed by atoms with E-state index in [0.717, 1.165) is 28.2 Å². The highest BCUT2D eigenvalue weighted by Crippen LogP contribution is 2.24. The van der Waals surface area contributed by atoms with Crippen LogP contribution in [0.2, 0.25) is 0 Å². The van der Waals surface area contributed by atoms with E-state index >= 15 is 0 Å². The molecule has 0 atom stereocenters. The van der Waals surface area contributed by atoms with E-state index in [2.05, 4.69) is 9.97 Å². The van der Waals surface area contributed by atoms with Crippen molar-refractivity contribution in [2.75, 3.05) is 0 Å². The Balaban J connectivity index is 1.72. The molecular formula is C17H12FN3O. The average Bonchev–Trinajstić information content (AvgIpc) is 3.23. The maximum atomic E-state index is 12.7. The van der Waals surface area contributed by atoms with E-state index in [4.69, 9.17) is 4.42 Å². The zero-order valence-corrected chi connectivity index (χ0v) is 11.6. The number of imidazole rings is 1. The van der Waals surface area contributed by atoms with Crippen LogP contribution in [0.25, 0.3) is 28.2 Å². The number of benzene rings is 1. The van der Waals surface area contributed by atoms with Crippen LogP contribution in [0.15, 0.2) is 65.8 Å². The van der Waals surface area contributed by atoms with E-state index in [1.54, 1.807) is 18.5 Å². The van der Waals surface area contributed by atoms with Gasteiger partial charge in [0.25, 0.3) is 0 Å². The number of nitrogens with zero attached hydrogens (tertiary/aromatic N) is 3. The molecular weight excluding hydrogens is 280 g/mol. The van der Waals surface area contributed by atoms with Gasteiger partial charge in [-0.1, -0.05) is 30.3 Å². The quantitative estimate of drug-likeness (QED) is 0.570. The molecule has 0 saturated heterocycles. The number of aromatic nitrogens is 3. The van der Waals surface area contributed by atoms with Crippen molar-refractivity contribution in [2.45, 2.75) is 6.67 Å². The van der Waals surface area contributed by atoms with E-state index in [9.17, 15) is 4.39 Å². The van der Waals surface area contributed by atoms with Gasteiger partial charge in [0.2, 0.25) is 0 Å². The van der Waals surface area contributed by atoms with Crippen LogP contribution < -0.4 is 0 Å². The molecule has 0 aliphatic heterocycles. The van der Waals surface area contributed by atoms with Gasteiger partial charge in [-0.25, -0.2) is 14.4 Å². The minimum Gasteiger partial charge on any atom is -0.444 e. The van der Waals surface area contributed by atoms with Gasteiger partial charge >= 0.3 is 0 Å². The maximum absolute atomic E-state index is 12.7. The number of oxazole rings is 1. The molecule has 3 heterocycles. The lowest BCUT2D eigenvalue weighted by Gasteiger charge is -1.98. The molecule has 0 N–H and O–H groups in total. The second-order valence-electron chi connectivity index (χ2n) is 5.01. The maximum Gasteiger partial charge on any atom is 0.181 e. The Bertz CT molecular complexity index is 911. The zero-order valence-electron chi connectivity index (χ0n) is 11.6. The van der Waals surface area contributed by atoms with E-state index in [0.29, 0.717) is 5.56 Å². The Labute approximate surface area is 125 Å². The van der Waals surface area contributed by atoms with Crippen molar-refractivity contribution in [1.29, 1.82) is 0 Å². The van der Waals surface area contributed by atoms with Crippen molar-refractivity contribution in [1.82, 2.24) is 14.4 Å². The molecule has 0 fully saturated rings. The third-order valence-corrected chi connectivity index (χ3v) is 3.56. The highest BCUT2D eigenvalue weighted by atomic mass is 18.2. The van der Waals surface area contributed by atoms with Crippen molar-refractivity contribution >= 4 is 5.65 Å². The van der Waals surface area contributed by atoms with Crippen LogP contribution >= 0.6 is 0 Å². The van der Waals surface area contributed by atoms with E-state index < -0.39 is 6.67 Å². The Kier molecular flexibility index (Phi) is 2.96. The van der Waals surface area contributed by atoms with Gasteiger partial charge in [-0.3, -0.25) is 0 Å². The smallest absolute Gasteiger partial charge is 0.181 e. The summed E-state index contributed by atoms with van der Waals surface area (Å²) in [6, 6.07) is 11.5. The summed E-state index contributed by atoms with van der Waals surface area (Å²) in [5, 5.41) is 0. The molecule has 0 saturated carbocycles. The SMILES string of the molecule is [18F]Cc1ccc2nc(-c3ccc(-c4cnco4)cc3)cn2c1. The summed E-state index contributed by atoms with van der Waals surface area (Å²) < 4.78 is 19.8. The Hall–Kier alpha value is -2.95. The van der Waals surface area contributed by atoms with Gasteiger partial charge in [0.15, 0.2) is 12.2 Å². The molecule has 4 nitrogen and oxygen atoms in total. The molecule has 0 bridgehead atoms. The Morgan fingerprint density at radius 2 is 1.82 bits per heavy atom. The van der Waals surface area contributed by atoms with Gasteiger partial charge in [-0.05, 0) is 11.6 Å². The monoisotopic (exact) mass is 292 g/mol. The Morgan fingerprint density at radius 3 is 2.55 bits per heavy atom. The summed E-state index contributed by atoms with van der Waals surface area (Å²) in [5.41, 5.74) is 4.24. The highest BCUT2D eigenvalue weighted by molar-refractivity contribution is 5.67. The van der Waals surface area contributed by atoms with Crippen LogP contribution in [0.1, 0.15) is 5.56 Å². The fourth-order valence-electron chi connectivity index (χ4n) is 2.42. The molecule has 5 heteroatoms. The summed E-state index contributed by atoms with van der Waals surface area (Å²) in [6.45, 7) is -0.477. The first kappa shape index (κ1) is 12.8. The normalized spacial score (nSPS) is 11.1. The number of rotatable bonds is 3. The lowest BCUT2D eigenvalue weighted by Crippen LogP contribution is -1.85. The van der Waals surface area contributed by atoms with Crippen molar-refractivity contribution in [3.05, 3.63) is 66.9 Å². The van der Waals surface area contributed by atoms with Gasteiger partial charge in [-0.2, -0.15) is 0 Å². The lowest BCUT2D eigenvalue weighted by atomic mass is 10.1. The largest absolute Gasteiger partial charge is 0.444 e. The van der Waals surface area contributed by atoms with Gasteiger partial charge in [0.05, 0.1) is 11.9 Å². The van der Waals surface area contributed by atoms with Crippen molar-refractivity contribution in [3.63, 3.8) is 0 Å². The molecule has 0 radical (unpaired) electrons. The van der Waals surface area contributed by atoms with Crippen molar-refractivity contribution in [2.24, 2.45) is 0 Å². The molecule has 0 aliphatic carbocycles. The topological polar surface area (TPSA) is 43.3 Å². The molecule has 0 spiro atoms. The van der Waals surface area contributed by atoms with Crippen LogP contribution in [-0.2, 0) is 6.67 Å². The minimum atomic E-state index is -0.477. The summed E-state index contributed by atoms with van der Waals surface area (Å²) in [4.78, 5) is 8.47. The third-order valence-electron chi connectivity index (χ3n) is 3.56. The van der Waals surface area contributed by atoms with Crippen molar-refractivity contribution < 1.29 is 8.81 Å². The third kappa shape index (κ3) is 2.16. The number of pyridine rings is 1. The molecule has 0 unspecified atom stereocenters. The summed E-state index contributed by atoms with van der Waals surface area (Å²) in [7, 11) is 0. The first-order chi connectivity index (χ1) is 10.8. The molecule has 1 aromatic carbocycles. The predicted octanol–water partition coefficient (Wildman–Crippen LogP) is 4.13. The second kappa shape index (κ2) is 5.11. The van der Waals surface area contributed by atoms with E-state index in [-0.39, 0.29) is 0 Å².